The Hall–Kier alpha value is -3.54. The van der Waals surface area contributed by atoms with Crippen LogP contribution in [-0.2, 0) is 0 Å². The first-order chi connectivity index (χ1) is 13.1. The van der Waals surface area contributed by atoms with E-state index in [4.69, 9.17) is 0 Å². The molecule has 0 saturated heterocycles. The Labute approximate surface area is 156 Å². The molecule has 3 rings (SSSR count). The van der Waals surface area contributed by atoms with Crippen molar-refractivity contribution in [1.82, 2.24) is 4.98 Å². The SMILES string of the molecule is CCN(C(=O)c1cc(C(=O)Nc2ccccc2F)ccn1)c1ccccc1. The van der Waals surface area contributed by atoms with Crippen molar-refractivity contribution in [2.24, 2.45) is 0 Å². The number of pyridine rings is 1. The lowest BCUT2D eigenvalue weighted by Gasteiger charge is -2.20. The standard InChI is InChI=1S/C21H18FN3O2/c1-2-25(16-8-4-3-5-9-16)21(27)19-14-15(12-13-23-19)20(26)24-18-11-7-6-10-17(18)22/h3-14H,2H2,1H3,(H,24,26). The molecular weight excluding hydrogens is 345 g/mol. The summed E-state index contributed by atoms with van der Waals surface area (Å²) in [6, 6.07) is 18.0. The van der Waals surface area contributed by atoms with Crippen molar-refractivity contribution in [2.75, 3.05) is 16.8 Å². The number of carbonyl (C=O) groups excluding carboxylic acids is 2. The monoisotopic (exact) mass is 363 g/mol. The number of nitrogens with zero attached hydrogens (tertiary/aromatic N) is 2. The van der Waals surface area contributed by atoms with Gasteiger partial charge in [-0.25, -0.2) is 4.39 Å². The maximum atomic E-state index is 13.7. The zero-order valence-electron chi connectivity index (χ0n) is 14.7. The molecule has 0 unspecified atom stereocenters. The van der Waals surface area contributed by atoms with E-state index >= 15 is 0 Å². The summed E-state index contributed by atoms with van der Waals surface area (Å²) < 4.78 is 13.7. The number of benzene rings is 2. The van der Waals surface area contributed by atoms with E-state index in [1.165, 1.54) is 36.5 Å². The Morgan fingerprint density at radius 1 is 1.04 bits per heavy atom. The van der Waals surface area contributed by atoms with E-state index in [0.717, 1.165) is 5.69 Å². The van der Waals surface area contributed by atoms with Gasteiger partial charge < -0.3 is 10.2 Å². The molecule has 0 aliphatic rings. The Kier molecular flexibility index (Phi) is 5.56. The summed E-state index contributed by atoms with van der Waals surface area (Å²) in [6.45, 7) is 2.32. The van der Waals surface area contributed by atoms with Gasteiger partial charge in [-0.15, -0.1) is 0 Å². The first-order valence-electron chi connectivity index (χ1n) is 8.49. The van der Waals surface area contributed by atoms with Crippen molar-refractivity contribution >= 4 is 23.2 Å². The molecule has 1 heterocycles. The number of anilines is 2. The normalized spacial score (nSPS) is 10.3. The summed E-state index contributed by atoms with van der Waals surface area (Å²) in [5.41, 5.74) is 1.18. The second-order valence-electron chi connectivity index (χ2n) is 5.75. The van der Waals surface area contributed by atoms with Gasteiger partial charge in [0.25, 0.3) is 11.8 Å². The van der Waals surface area contributed by atoms with E-state index in [1.807, 2.05) is 37.3 Å². The van der Waals surface area contributed by atoms with Crippen LogP contribution < -0.4 is 10.2 Å². The summed E-state index contributed by atoms with van der Waals surface area (Å²) >= 11 is 0. The molecule has 5 nitrogen and oxygen atoms in total. The van der Waals surface area contributed by atoms with Crippen LogP contribution >= 0.6 is 0 Å². The molecule has 27 heavy (non-hydrogen) atoms. The zero-order chi connectivity index (χ0) is 19.2. The predicted molar refractivity (Wildman–Crippen MR) is 102 cm³/mol. The summed E-state index contributed by atoms with van der Waals surface area (Å²) in [4.78, 5) is 30.9. The molecule has 3 aromatic rings. The topological polar surface area (TPSA) is 62.3 Å². The summed E-state index contributed by atoms with van der Waals surface area (Å²) in [5, 5.41) is 2.50. The molecule has 6 heteroatoms. The van der Waals surface area contributed by atoms with Crippen molar-refractivity contribution in [3.8, 4) is 0 Å². The minimum absolute atomic E-state index is 0.0756. The highest BCUT2D eigenvalue weighted by Gasteiger charge is 2.19. The van der Waals surface area contributed by atoms with E-state index in [1.54, 1.807) is 11.0 Å². The van der Waals surface area contributed by atoms with Crippen LogP contribution in [0.4, 0.5) is 15.8 Å². The van der Waals surface area contributed by atoms with Crippen LogP contribution in [0.5, 0.6) is 0 Å². The fraction of sp³-hybridized carbons (Fsp3) is 0.0952. The third-order valence-corrected chi connectivity index (χ3v) is 3.99. The summed E-state index contributed by atoms with van der Waals surface area (Å²) in [6.07, 6.45) is 1.39. The van der Waals surface area contributed by atoms with Gasteiger partial charge in [-0.05, 0) is 43.3 Å². The highest BCUT2D eigenvalue weighted by atomic mass is 19.1. The van der Waals surface area contributed by atoms with E-state index < -0.39 is 11.7 Å². The molecule has 0 radical (unpaired) electrons. The smallest absolute Gasteiger partial charge is 0.276 e. The van der Waals surface area contributed by atoms with Crippen molar-refractivity contribution in [2.45, 2.75) is 6.92 Å². The molecule has 0 spiro atoms. The minimum Gasteiger partial charge on any atom is -0.319 e. The van der Waals surface area contributed by atoms with Crippen molar-refractivity contribution < 1.29 is 14.0 Å². The Bertz CT molecular complexity index is 960. The lowest BCUT2D eigenvalue weighted by molar-refractivity contribution is 0.0983. The third-order valence-electron chi connectivity index (χ3n) is 3.99. The maximum absolute atomic E-state index is 13.7. The van der Waals surface area contributed by atoms with Crippen LogP contribution in [0.3, 0.4) is 0 Å². The zero-order valence-corrected chi connectivity index (χ0v) is 14.7. The summed E-state index contributed by atoms with van der Waals surface area (Å²) in [5.74, 6) is -1.36. The van der Waals surface area contributed by atoms with Gasteiger partial charge in [0.1, 0.15) is 11.5 Å². The Morgan fingerprint density at radius 3 is 2.44 bits per heavy atom. The van der Waals surface area contributed by atoms with Gasteiger partial charge in [-0.3, -0.25) is 14.6 Å². The molecule has 136 valence electrons. The van der Waals surface area contributed by atoms with Gasteiger partial charge in [0.15, 0.2) is 0 Å². The first kappa shape index (κ1) is 18.3. The average molecular weight is 363 g/mol. The van der Waals surface area contributed by atoms with Crippen LogP contribution in [0.1, 0.15) is 27.8 Å². The Morgan fingerprint density at radius 2 is 1.74 bits per heavy atom. The van der Waals surface area contributed by atoms with Gasteiger partial charge in [-0.1, -0.05) is 30.3 Å². The number of halogens is 1. The van der Waals surface area contributed by atoms with Gasteiger partial charge >= 0.3 is 0 Å². The lowest BCUT2D eigenvalue weighted by atomic mass is 10.2. The summed E-state index contributed by atoms with van der Waals surface area (Å²) in [7, 11) is 0. The molecule has 2 aromatic carbocycles. The molecule has 0 aliphatic carbocycles. The number of para-hydroxylation sites is 2. The van der Waals surface area contributed by atoms with Crippen molar-refractivity contribution in [3.63, 3.8) is 0 Å². The van der Waals surface area contributed by atoms with E-state index in [-0.39, 0.29) is 22.9 Å². The molecule has 1 aromatic heterocycles. The first-order valence-corrected chi connectivity index (χ1v) is 8.49. The lowest BCUT2D eigenvalue weighted by Crippen LogP contribution is -2.31. The number of hydrogen-bond acceptors (Lipinski definition) is 3. The van der Waals surface area contributed by atoms with Gasteiger partial charge in [0, 0.05) is 24.0 Å². The van der Waals surface area contributed by atoms with Crippen LogP contribution in [0, 0.1) is 5.82 Å². The number of hydrogen-bond donors (Lipinski definition) is 1. The molecule has 1 N–H and O–H groups in total. The highest BCUT2D eigenvalue weighted by Crippen LogP contribution is 2.17. The fourth-order valence-corrected chi connectivity index (χ4v) is 2.64. The third kappa shape index (κ3) is 4.17. The number of amides is 2. The fourth-order valence-electron chi connectivity index (χ4n) is 2.64. The minimum atomic E-state index is -0.530. The molecule has 0 atom stereocenters. The van der Waals surface area contributed by atoms with E-state index in [9.17, 15) is 14.0 Å². The maximum Gasteiger partial charge on any atom is 0.276 e. The van der Waals surface area contributed by atoms with Crippen molar-refractivity contribution in [1.29, 1.82) is 0 Å². The van der Waals surface area contributed by atoms with Crippen LogP contribution in [0.25, 0.3) is 0 Å². The van der Waals surface area contributed by atoms with Crippen LogP contribution in [-0.4, -0.2) is 23.3 Å². The second kappa shape index (κ2) is 8.23. The largest absolute Gasteiger partial charge is 0.319 e. The van der Waals surface area contributed by atoms with Crippen LogP contribution in [0.15, 0.2) is 72.9 Å². The van der Waals surface area contributed by atoms with E-state index in [2.05, 4.69) is 10.3 Å². The molecule has 0 aliphatic heterocycles. The second-order valence-corrected chi connectivity index (χ2v) is 5.75. The van der Waals surface area contributed by atoms with E-state index in [0.29, 0.717) is 6.54 Å². The molecule has 0 saturated carbocycles. The van der Waals surface area contributed by atoms with Gasteiger partial charge in [-0.2, -0.15) is 0 Å². The number of nitrogens with one attached hydrogen (secondary N) is 1. The Balaban J connectivity index is 1.83. The molecular formula is C21H18FN3O2. The quantitative estimate of drug-likeness (QED) is 0.741. The number of rotatable bonds is 5. The predicted octanol–water partition coefficient (Wildman–Crippen LogP) is 4.14. The molecule has 0 bridgehead atoms. The number of carbonyl (C=O) groups is 2. The van der Waals surface area contributed by atoms with Crippen LogP contribution in [0.2, 0.25) is 0 Å². The van der Waals surface area contributed by atoms with Gasteiger partial charge in [0.2, 0.25) is 0 Å². The molecule has 2 amide bonds. The van der Waals surface area contributed by atoms with Crippen molar-refractivity contribution in [3.05, 3.63) is 90.0 Å². The average Bonchev–Trinajstić information content (AvgIpc) is 2.71. The number of aromatic nitrogens is 1. The highest BCUT2D eigenvalue weighted by molar-refractivity contribution is 6.08. The molecule has 0 fully saturated rings. The van der Waals surface area contributed by atoms with Gasteiger partial charge in [0.05, 0.1) is 5.69 Å².